The molecule has 0 atom stereocenters. The van der Waals surface area contributed by atoms with Gasteiger partial charge in [-0.3, -0.25) is 9.59 Å². The molecule has 0 aromatic heterocycles. The highest BCUT2D eigenvalue weighted by Crippen LogP contribution is 2.35. The molecule has 202 valence electrons. The molecule has 0 radical (unpaired) electrons. The number of nitrogens with one attached hydrogen (secondary N) is 1. The fourth-order valence-electron chi connectivity index (χ4n) is 3.80. The molecule has 7 nitrogen and oxygen atoms in total. The summed E-state index contributed by atoms with van der Waals surface area (Å²) in [6, 6.07) is 37.4. The number of carboxylic acids is 2. The number of benzene rings is 4. The highest BCUT2D eigenvalue weighted by molar-refractivity contribution is 8.00. The van der Waals surface area contributed by atoms with Gasteiger partial charge in [0.25, 0.3) is 0 Å². The van der Waals surface area contributed by atoms with Crippen LogP contribution in [-0.4, -0.2) is 42.1 Å². The zero-order valence-electron chi connectivity index (χ0n) is 21.0. The molecule has 9 heteroatoms. The minimum absolute atomic E-state index is 0.0727. The Hall–Kier alpha value is -3.92. The Kier molecular flexibility index (Phi) is 11.3. The number of carboxylic acid groups (broad SMARTS) is 2. The molecule has 4 rings (SSSR count). The monoisotopic (exact) mass is 563 g/mol. The van der Waals surface area contributed by atoms with Gasteiger partial charge in [-0.2, -0.15) is 0 Å². The van der Waals surface area contributed by atoms with Crippen LogP contribution in [0.3, 0.4) is 0 Å². The lowest BCUT2D eigenvalue weighted by Gasteiger charge is -2.19. The van der Waals surface area contributed by atoms with Crippen LogP contribution in [0.1, 0.15) is 33.5 Å². The molecule has 39 heavy (non-hydrogen) atoms. The van der Waals surface area contributed by atoms with E-state index in [9.17, 15) is 18.0 Å². The van der Waals surface area contributed by atoms with Gasteiger partial charge in [0.2, 0.25) is 10.0 Å². The van der Waals surface area contributed by atoms with Gasteiger partial charge in [0.15, 0.2) is 5.75 Å². The van der Waals surface area contributed by atoms with E-state index in [1.165, 1.54) is 11.8 Å². The van der Waals surface area contributed by atoms with Crippen molar-refractivity contribution in [2.75, 3.05) is 11.5 Å². The third-order valence-corrected chi connectivity index (χ3v) is 7.97. The minimum atomic E-state index is -3.93. The van der Waals surface area contributed by atoms with Crippen LogP contribution in [0.2, 0.25) is 0 Å². The van der Waals surface area contributed by atoms with Gasteiger partial charge in [-0.1, -0.05) is 121 Å². The molecule has 0 spiro atoms. The molecule has 0 aliphatic carbocycles. The Balaban J connectivity index is 0.000000218. The predicted octanol–water partition coefficient (Wildman–Crippen LogP) is 5.37. The molecule has 0 amide bonds. The van der Waals surface area contributed by atoms with Crippen LogP contribution in [0.25, 0.3) is 0 Å². The van der Waals surface area contributed by atoms with Gasteiger partial charge in [-0.05, 0) is 22.3 Å². The Morgan fingerprint density at radius 3 is 1.31 bits per heavy atom. The highest BCUT2D eigenvalue weighted by atomic mass is 32.2. The minimum Gasteiger partial charge on any atom is -0.481 e. The zero-order valence-corrected chi connectivity index (χ0v) is 22.6. The van der Waals surface area contributed by atoms with Gasteiger partial charge in [-0.25, -0.2) is 13.1 Å². The third kappa shape index (κ3) is 10.0. The first-order valence-corrected chi connectivity index (χ1v) is 14.7. The Morgan fingerprint density at radius 2 is 0.974 bits per heavy atom. The SMILES string of the molecule is O=C(O)CS(=O)(=O)NC(c1ccccc1)c1ccccc1.O=C(O)CSC(c1ccccc1)c1ccccc1. The van der Waals surface area contributed by atoms with Gasteiger partial charge < -0.3 is 10.2 Å². The molecular weight excluding hydrogens is 534 g/mol. The van der Waals surface area contributed by atoms with E-state index in [2.05, 4.69) is 4.72 Å². The number of hydrogen-bond donors (Lipinski definition) is 3. The van der Waals surface area contributed by atoms with Crippen molar-refractivity contribution in [1.29, 1.82) is 0 Å². The van der Waals surface area contributed by atoms with E-state index in [0.29, 0.717) is 0 Å². The summed E-state index contributed by atoms with van der Waals surface area (Å²) in [6.07, 6.45) is 0. The molecule has 4 aromatic carbocycles. The lowest BCUT2D eigenvalue weighted by atomic mass is 10.00. The van der Waals surface area contributed by atoms with Crippen LogP contribution in [-0.2, 0) is 19.6 Å². The van der Waals surface area contributed by atoms with Crippen LogP contribution in [0.4, 0.5) is 0 Å². The van der Waals surface area contributed by atoms with Gasteiger partial charge >= 0.3 is 11.9 Å². The molecule has 0 heterocycles. The van der Waals surface area contributed by atoms with E-state index in [0.717, 1.165) is 22.3 Å². The van der Waals surface area contributed by atoms with Crippen molar-refractivity contribution >= 4 is 33.7 Å². The highest BCUT2D eigenvalue weighted by Gasteiger charge is 2.23. The van der Waals surface area contributed by atoms with Crippen LogP contribution in [0.15, 0.2) is 121 Å². The summed E-state index contributed by atoms with van der Waals surface area (Å²) in [5, 5.41) is 17.6. The second-order valence-corrected chi connectivity index (χ2v) is 11.3. The average molecular weight is 564 g/mol. The molecule has 3 N–H and O–H groups in total. The van der Waals surface area contributed by atoms with Crippen LogP contribution in [0, 0.1) is 0 Å². The predicted molar refractivity (Wildman–Crippen MR) is 154 cm³/mol. The first-order valence-electron chi connectivity index (χ1n) is 12.0. The van der Waals surface area contributed by atoms with Crippen molar-refractivity contribution in [2.45, 2.75) is 11.3 Å². The lowest BCUT2D eigenvalue weighted by molar-refractivity contribution is -0.135. The summed E-state index contributed by atoms with van der Waals surface area (Å²) < 4.78 is 26.3. The van der Waals surface area contributed by atoms with Gasteiger partial charge in [0, 0.05) is 0 Å². The second kappa shape index (κ2) is 14.9. The average Bonchev–Trinajstić information content (AvgIpc) is 2.94. The first kappa shape index (κ1) is 29.6. The number of aliphatic carboxylic acids is 2. The maximum Gasteiger partial charge on any atom is 0.320 e. The van der Waals surface area contributed by atoms with E-state index < -0.39 is 33.8 Å². The van der Waals surface area contributed by atoms with E-state index in [4.69, 9.17) is 10.2 Å². The number of thioether (sulfide) groups is 1. The Labute approximate surface area is 232 Å². The van der Waals surface area contributed by atoms with E-state index in [1.807, 2.05) is 72.8 Å². The lowest BCUT2D eigenvalue weighted by Crippen LogP contribution is -2.33. The fraction of sp³-hybridized carbons (Fsp3) is 0.133. The second-order valence-electron chi connectivity index (χ2n) is 8.43. The molecule has 0 aliphatic heterocycles. The first-order chi connectivity index (χ1) is 18.7. The van der Waals surface area contributed by atoms with E-state index in [-0.39, 0.29) is 11.0 Å². The summed E-state index contributed by atoms with van der Waals surface area (Å²) in [6.45, 7) is 0. The van der Waals surface area contributed by atoms with Gasteiger partial charge in [0.05, 0.1) is 17.0 Å². The van der Waals surface area contributed by atoms with Crippen LogP contribution < -0.4 is 4.72 Å². The Morgan fingerprint density at radius 1 is 0.615 bits per heavy atom. The molecule has 0 saturated carbocycles. The van der Waals surface area contributed by atoms with Crippen molar-refractivity contribution in [3.63, 3.8) is 0 Å². The van der Waals surface area contributed by atoms with Crippen molar-refractivity contribution in [1.82, 2.24) is 4.72 Å². The van der Waals surface area contributed by atoms with E-state index >= 15 is 0 Å². The van der Waals surface area contributed by atoms with Crippen LogP contribution in [0.5, 0.6) is 0 Å². The molecular formula is C30H29NO6S2. The summed E-state index contributed by atoms with van der Waals surface area (Å²) in [7, 11) is -3.93. The van der Waals surface area contributed by atoms with Crippen LogP contribution >= 0.6 is 11.8 Å². The Bertz CT molecular complexity index is 1340. The maximum atomic E-state index is 11.9. The summed E-state index contributed by atoms with van der Waals surface area (Å²) >= 11 is 1.44. The van der Waals surface area contributed by atoms with Crippen molar-refractivity contribution in [2.24, 2.45) is 0 Å². The number of rotatable bonds is 11. The number of carbonyl (C=O) groups is 2. The standard InChI is InChI=1S/C15H15NO4S.C15H14O2S/c17-14(18)11-21(19,20)16-15(12-7-3-1-4-8-12)13-9-5-2-6-10-13;16-14(17)11-18-15(12-7-3-1-4-8-12)13-9-5-2-6-10-13/h1-10,15-16H,11H2,(H,17,18);1-10,15H,11H2,(H,16,17). The zero-order chi connectivity index (χ0) is 28.1. The topological polar surface area (TPSA) is 121 Å². The molecule has 0 aliphatic rings. The van der Waals surface area contributed by atoms with Gasteiger partial charge in [0.1, 0.15) is 0 Å². The van der Waals surface area contributed by atoms with Crippen molar-refractivity contribution in [3.8, 4) is 0 Å². The van der Waals surface area contributed by atoms with Crippen molar-refractivity contribution < 1.29 is 28.2 Å². The maximum absolute atomic E-state index is 11.9. The number of hydrogen-bond acceptors (Lipinski definition) is 5. The summed E-state index contributed by atoms with van der Waals surface area (Å²) in [5.41, 5.74) is 3.76. The molecule has 0 bridgehead atoms. The van der Waals surface area contributed by atoms with Gasteiger partial charge in [-0.15, -0.1) is 11.8 Å². The molecule has 0 unspecified atom stereocenters. The molecule has 0 fully saturated rings. The number of sulfonamides is 1. The van der Waals surface area contributed by atoms with Crippen molar-refractivity contribution in [3.05, 3.63) is 144 Å². The van der Waals surface area contributed by atoms with E-state index in [1.54, 1.807) is 48.5 Å². The fourth-order valence-corrected chi connectivity index (χ4v) is 5.85. The summed E-state index contributed by atoms with van der Waals surface area (Å²) in [5.74, 6) is -3.02. The summed E-state index contributed by atoms with van der Waals surface area (Å²) in [4.78, 5) is 21.4. The third-order valence-electron chi connectivity index (χ3n) is 5.45. The quantitative estimate of drug-likeness (QED) is 0.224. The smallest absolute Gasteiger partial charge is 0.320 e. The normalized spacial score (nSPS) is 11.0. The molecule has 0 saturated heterocycles. The molecule has 4 aromatic rings. The largest absolute Gasteiger partial charge is 0.481 e.